The Bertz CT molecular complexity index is 913. The molecule has 6 nitrogen and oxygen atoms in total. The van der Waals surface area contributed by atoms with Crippen LogP contribution in [0.4, 0.5) is 0 Å². The van der Waals surface area contributed by atoms with Crippen molar-refractivity contribution in [2.24, 2.45) is 0 Å². The molecule has 0 amide bonds. The zero-order valence-corrected chi connectivity index (χ0v) is 14.0. The molecule has 8 heteroatoms. The Morgan fingerprint density at radius 2 is 2.04 bits per heavy atom. The Labute approximate surface area is 138 Å². The van der Waals surface area contributed by atoms with Gasteiger partial charge < -0.3 is 4.42 Å². The number of aromatic nitrogens is 1. The molecule has 0 spiro atoms. The number of hydrogen-bond donors (Lipinski definition) is 0. The van der Waals surface area contributed by atoms with Gasteiger partial charge in [-0.1, -0.05) is 11.6 Å². The van der Waals surface area contributed by atoms with Crippen molar-refractivity contribution in [3.63, 3.8) is 0 Å². The summed E-state index contributed by atoms with van der Waals surface area (Å²) in [5.41, 5.74) is 1.14. The summed E-state index contributed by atoms with van der Waals surface area (Å²) in [4.78, 5) is 14.3. The summed E-state index contributed by atoms with van der Waals surface area (Å²) in [7, 11) is -2.96. The number of nitrogens with zero attached hydrogens (tertiary/aromatic N) is 2. The van der Waals surface area contributed by atoms with Crippen molar-refractivity contribution >= 4 is 32.5 Å². The van der Waals surface area contributed by atoms with Crippen molar-refractivity contribution in [1.82, 2.24) is 9.47 Å². The number of sulfone groups is 1. The second-order valence-corrected chi connectivity index (χ2v) is 9.02. The highest BCUT2D eigenvalue weighted by Gasteiger charge is 2.40. The van der Waals surface area contributed by atoms with Crippen molar-refractivity contribution in [2.45, 2.75) is 38.0 Å². The monoisotopic (exact) mass is 356 g/mol. The first kappa shape index (κ1) is 15.2. The van der Waals surface area contributed by atoms with E-state index in [1.807, 2.05) is 0 Å². The average Bonchev–Trinajstić information content (AvgIpc) is 3.19. The standard InChI is InChI=1S/C15H17ClN2O4S/c16-10-1-4-14-13(7-10)18(15(19)22-14)9-17(11-2-3-11)12-5-6-23(20,21)8-12/h1,4,7,11-12H,2-3,5-6,8-9H2. The van der Waals surface area contributed by atoms with Gasteiger partial charge in [-0.15, -0.1) is 0 Å². The van der Waals surface area contributed by atoms with Gasteiger partial charge in [-0.3, -0.25) is 9.47 Å². The van der Waals surface area contributed by atoms with Crippen LogP contribution in [0.1, 0.15) is 19.3 Å². The van der Waals surface area contributed by atoms with E-state index in [1.165, 1.54) is 0 Å². The molecule has 124 valence electrons. The lowest BCUT2D eigenvalue weighted by Crippen LogP contribution is -2.41. The topological polar surface area (TPSA) is 72.5 Å². The smallest absolute Gasteiger partial charge is 0.408 e. The number of rotatable bonds is 4. The molecule has 0 radical (unpaired) electrons. The van der Waals surface area contributed by atoms with Crippen LogP contribution in [0.5, 0.6) is 0 Å². The SMILES string of the molecule is O=c1oc2ccc(Cl)cc2n1CN(C1CC1)C1CCS(=O)(=O)C1. The van der Waals surface area contributed by atoms with Gasteiger partial charge in [0.05, 0.1) is 23.7 Å². The fourth-order valence-corrected chi connectivity index (χ4v) is 5.21. The number of oxazole rings is 1. The molecule has 1 saturated carbocycles. The fraction of sp³-hybridized carbons (Fsp3) is 0.533. The molecule has 2 aliphatic rings. The molecule has 0 N–H and O–H groups in total. The number of benzene rings is 1. The minimum Gasteiger partial charge on any atom is -0.408 e. The van der Waals surface area contributed by atoms with Gasteiger partial charge in [0.25, 0.3) is 0 Å². The van der Waals surface area contributed by atoms with Crippen LogP contribution in [0.2, 0.25) is 5.02 Å². The minimum atomic E-state index is -2.96. The molecule has 1 aromatic heterocycles. The average molecular weight is 357 g/mol. The second kappa shape index (κ2) is 5.36. The van der Waals surface area contributed by atoms with E-state index in [9.17, 15) is 13.2 Å². The predicted molar refractivity (Wildman–Crippen MR) is 87.4 cm³/mol. The summed E-state index contributed by atoms with van der Waals surface area (Å²) in [6.45, 7) is 0.344. The van der Waals surface area contributed by atoms with Crippen LogP contribution < -0.4 is 5.76 Å². The summed E-state index contributed by atoms with van der Waals surface area (Å²) in [6, 6.07) is 5.39. The van der Waals surface area contributed by atoms with E-state index in [2.05, 4.69) is 4.90 Å². The quantitative estimate of drug-likeness (QED) is 0.836. The van der Waals surface area contributed by atoms with Gasteiger partial charge >= 0.3 is 5.76 Å². The van der Waals surface area contributed by atoms with Crippen LogP contribution in [0.3, 0.4) is 0 Å². The highest BCUT2D eigenvalue weighted by atomic mass is 35.5. The summed E-state index contributed by atoms with van der Waals surface area (Å²) in [5, 5.41) is 0.536. The fourth-order valence-electron chi connectivity index (χ4n) is 3.30. The van der Waals surface area contributed by atoms with E-state index in [4.69, 9.17) is 16.0 Å². The molecular formula is C15H17ClN2O4S. The number of hydrogen-bond acceptors (Lipinski definition) is 5. The first-order valence-corrected chi connectivity index (χ1v) is 9.88. The number of halogens is 1. The Balaban J connectivity index is 1.69. The van der Waals surface area contributed by atoms with Gasteiger partial charge in [0.15, 0.2) is 15.4 Å². The largest absolute Gasteiger partial charge is 0.421 e. The van der Waals surface area contributed by atoms with E-state index in [-0.39, 0.29) is 17.5 Å². The van der Waals surface area contributed by atoms with E-state index in [1.54, 1.807) is 22.8 Å². The third-order valence-corrected chi connectivity index (χ3v) is 6.61. The molecular weight excluding hydrogens is 340 g/mol. The van der Waals surface area contributed by atoms with Crippen LogP contribution >= 0.6 is 11.6 Å². The predicted octanol–water partition coefficient (Wildman–Crippen LogP) is 1.86. The van der Waals surface area contributed by atoms with Gasteiger partial charge in [0, 0.05) is 17.1 Å². The van der Waals surface area contributed by atoms with E-state index >= 15 is 0 Å². The van der Waals surface area contributed by atoms with Crippen molar-refractivity contribution in [3.8, 4) is 0 Å². The van der Waals surface area contributed by atoms with Crippen LogP contribution in [-0.2, 0) is 16.5 Å². The molecule has 1 unspecified atom stereocenters. The summed E-state index contributed by atoms with van der Waals surface area (Å²) < 4.78 is 30.4. The van der Waals surface area contributed by atoms with Crippen LogP contribution in [-0.4, -0.2) is 41.5 Å². The third-order valence-electron chi connectivity index (χ3n) is 4.63. The summed E-state index contributed by atoms with van der Waals surface area (Å²) >= 11 is 6.03. The van der Waals surface area contributed by atoms with Crippen molar-refractivity contribution in [3.05, 3.63) is 33.8 Å². The molecule has 2 fully saturated rings. The normalized spacial score (nSPS) is 23.8. The van der Waals surface area contributed by atoms with Crippen LogP contribution in [0.25, 0.3) is 11.1 Å². The third kappa shape index (κ3) is 2.93. The molecule has 1 aliphatic heterocycles. The highest BCUT2D eigenvalue weighted by molar-refractivity contribution is 7.91. The maximum atomic E-state index is 12.2. The Morgan fingerprint density at radius 1 is 1.26 bits per heavy atom. The minimum absolute atomic E-state index is 0.0245. The van der Waals surface area contributed by atoms with E-state index < -0.39 is 15.6 Å². The first-order valence-electron chi connectivity index (χ1n) is 7.68. The molecule has 1 aromatic carbocycles. The van der Waals surface area contributed by atoms with Gasteiger partial charge in [-0.05, 0) is 37.5 Å². The van der Waals surface area contributed by atoms with Gasteiger partial charge in [-0.2, -0.15) is 0 Å². The maximum Gasteiger partial charge on any atom is 0.421 e. The van der Waals surface area contributed by atoms with Crippen LogP contribution in [0.15, 0.2) is 27.4 Å². The molecule has 1 aliphatic carbocycles. The lowest BCUT2D eigenvalue weighted by atomic mass is 10.2. The van der Waals surface area contributed by atoms with Crippen LogP contribution in [0, 0.1) is 0 Å². The van der Waals surface area contributed by atoms with E-state index in [0.717, 1.165) is 12.8 Å². The van der Waals surface area contributed by atoms with Crippen molar-refractivity contribution in [1.29, 1.82) is 0 Å². The van der Waals surface area contributed by atoms with Crippen molar-refractivity contribution in [2.75, 3.05) is 11.5 Å². The second-order valence-electron chi connectivity index (χ2n) is 6.35. The molecule has 1 atom stereocenters. The molecule has 0 bridgehead atoms. The zero-order valence-electron chi connectivity index (χ0n) is 12.4. The zero-order chi connectivity index (χ0) is 16.2. The highest BCUT2D eigenvalue weighted by Crippen LogP contribution is 2.33. The van der Waals surface area contributed by atoms with E-state index in [0.29, 0.717) is 35.3 Å². The lowest BCUT2D eigenvalue weighted by Gasteiger charge is -2.27. The van der Waals surface area contributed by atoms with Crippen molar-refractivity contribution < 1.29 is 12.8 Å². The van der Waals surface area contributed by atoms with Gasteiger partial charge in [0.1, 0.15) is 0 Å². The summed E-state index contributed by atoms with van der Waals surface area (Å²) in [6.07, 6.45) is 2.72. The molecule has 23 heavy (non-hydrogen) atoms. The molecule has 4 rings (SSSR count). The Kier molecular flexibility index (Phi) is 3.55. The Hall–Kier alpha value is -1.31. The molecule has 2 heterocycles. The summed E-state index contributed by atoms with van der Waals surface area (Å²) in [5.74, 6) is -0.0310. The van der Waals surface area contributed by atoms with Gasteiger partial charge in [-0.25, -0.2) is 13.2 Å². The molecule has 2 aromatic rings. The Morgan fingerprint density at radius 3 is 2.70 bits per heavy atom. The first-order chi connectivity index (χ1) is 10.9. The number of fused-ring (bicyclic) bond motifs is 1. The molecule has 1 saturated heterocycles. The maximum absolute atomic E-state index is 12.2. The lowest BCUT2D eigenvalue weighted by molar-refractivity contribution is 0.152. The van der Waals surface area contributed by atoms with Gasteiger partial charge in [0.2, 0.25) is 0 Å².